The quantitative estimate of drug-likeness (QED) is 0.844. The molecule has 1 saturated heterocycles. The minimum Gasteiger partial charge on any atom is -0.378 e. The van der Waals surface area contributed by atoms with Crippen LogP contribution in [0.2, 0.25) is 5.02 Å². The molecule has 0 aliphatic carbocycles. The normalized spacial score (nSPS) is 15.6. The third-order valence-corrected chi connectivity index (χ3v) is 4.10. The Kier molecular flexibility index (Phi) is 7.96. The molecule has 0 spiro atoms. The summed E-state index contributed by atoms with van der Waals surface area (Å²) in [6, 6.07) is 4.25. The van der Waals surface area contributed by atoms with Crippen LogP contribution in [0.4, 0.5) is 5.69 Å². The summed E-state index contributed by atoms with van der Waals surface area (Å²) >= 11 is 6.21. The first kappa shape index (κ1) is 20.7. The van der Waals surface area contributed by atoms with E-state index in [-0.39, 0.29) is 30.1 Å². The lowest BCUT2D eigenvalue weighted by Crippen LogP contribution is -2.41. The molecule has 0 unspecified atom stereocenters. The molecule has 134 valence electrons. The second kappa shape index (κ2) is 9.22. The number of nitrogens with two attached hydrogens (primary N) is 1. The number of ether oxygens (including phenoxy) is 1. The van der Waals surface area contributed by atoms with Crippen LogP contribution in [0.3, 0.4) is 0 Å². The van der Waals surface area contributed by atoms with Gasteiger partial charge in [0.15, 0.2) is 0 Å². The number of morpholine rings is 1. The lowest BCUT2D eigenvalue weighted by Gasteiger charge is -2.27. The Morgan fingerprint density at radius 1 is 1.29 bits per heavy atom. The van der Waals surface area contributed by atoms with E-state index in [9.17, 15) is 9.59 Å². The number of benzene rings is 1. The molecule has 1 aliphatic rings. The standard InChI is InChI=1S/C16H22ClN3O3.ClH/c1-10(2)14(18)15(21)19-11-3-4-12(13(17)9-11)16(22)20-5-7-23-8-6-20;/h3-4,9-10,14H,5-8,18H2,1-2H3,(H,19,21);1H/t14-;/m0./s1. The number of halogens is 2. The fourth-order valence-electron chi connectivity index (χ4n) is 2.23. The molecule has 6 nitrogen and oxygen atoms in total. The first-order valence-electron chi connectivity index (χ1n) is 7.63. The first-order chi connectivity index (χ1) is 10.9. The summed E-state index contributed by atoms with van der Waals surface area (Å²) in [6.07, 6.45) is 0. The molecular weight excluding hydrogens is 353 g/mol. The van der Waals surface area contributed by atoms with Crippen LogP contribution in [0.5, 0.6) is 0 Å². The summed E-state index contributed by atoms with van der Waals surface area (Å²) in [5.41, 5.74) is 6.74. The van der Waals surface area contributed by atoms with Crippen molar-refractivity contribution in [3.05, 3.63) is 28.8 Å². The monoisotopic (exact) mass is 375 g/mol. The molecule has 1 aliphatic heterocycles. The van der Waals surface area contributed by atoms with Gasteiger partial charge in [-0.1, -0.05) is 25.4 Å². The maximum absolute atomic E-state index is 12.4. The topological polar surface area (TPSA) is 84.7 Å². The molecular formula is C16H23Cl2N3O3. The summed E-state index contributed by atoms with van der Waals surface area (Å²) in [5, 5.41) is 3.02. The van der Waals surface area contributed by atoms with Crippen LogP contribution in [0.1, 0.15) is 24.2 Å². The van der Waals surface area contributed by atoms with E-state index in [0.29, 0.717) is 42.6 Å². The Balaban J connectivity index is 0.00000288. The molecule has 24 heavy (non-hydrogen) atoms. The van der Waals surface area contributed by atoms with Crippen LogP contribution >= 0.6 is 24.0 Å². The number of nitrogens with zero attached hydrogens (tertiary/aromatic N) is 1. The lowest BCUT2D eigenvalue weighted by atomic mass is 10.0. The van der Waals surface area contributed by atoms with Crippen LogP contribution in [0.25, 0.3) is 0 Å². The van der Waals surface area contributed by atoms with Gasteiger partial charge in [-0.2, -0.15) is 0 Å². The summed E-state index contributed by atoms with van der Waals surface area (Å²) in [6.45, 7) is 5.92. The molecule has 3 N–H and O–H groups in total. The molecule has 1 aromatic rings. The number of carbonyl (C=O) groups is 2. The van der Waals surface area contributed by atoms with Crippen molar-refractivity contribution in [2.45, 2.75) is 19.9 Å². The van der Waals surface area contributed by atoms with Crippen LogP contribution in [-0.2, 0) is 9.53 Å². The molecule has 1 atom stereocenters. The molecule has 0 radical (unpaired) electrons. The zero-order valence-electron chi connectivity index (χ0n) is 13.8. The second-order valence-electron chi connectivity index (χ2n) is 5.86. The maximum atomic E-state index is 12.4. The largest absolute Gasteiger partial charge is 0.378 e. The van der Waals surface area contributed by atoms with E-state index >= 15 is 0 Å². The molecule has 2 amide bonds. The molecule has 2 rings (SSSR count). The zero-order chi connectivity index (χ0) is 17.0. The SMILES string of the molecule is CC(C)[C@H](N)C(=O)Nc1ccc(C(=O)N2CCOCC2)c(Cl)c1.Cl. The van der Waals surface area contributed by atoms with Gasteiger partial charge in [-0.25, -0.2) is 0 Å². The first-order valence-corrected chi connectivity index (χ1v) is 8.01. The fourth-order valence-corrected chi connectivity index (χ4v) is 2.49. The second-order valence-corrected chi connectivity index (χ2v) is 6.27. The van der Waals surface area contributed by atoms with Gasteiger partial charge in [0.25, 0.3) is 5.91 Å². The maximum Gasteiger partial charge on any atom is 0.255 e. The number of hydrogen-bond donors (Lipinski definition) is 2. The van der Waals surface area contributed by atoms with Crippen molar-refractivity contribution in [1.82, 2.24) is 4.90 Å². The summed E-state index contributed by atoms with van der Waals surface area (Å²) < 4.78 is 5.23. The Labute approximate surface area is 153 Å². The molecule has 8 heteroatoms. The van der Waals surface area contributed by atoms with Crippen molar-refractivity contribution < 1.29 is 14.3 Å². The Hall–Kier alpha value is -1.34. The van der Waals surface area contributed by atoms with E-state index in [1.807, 2.05) is 13.8 Å². The molecule has 0 aromatic heterocycles. The predicted octanol–water partition coefficient (Wildman–Crippen LogP) is 2.16. The number of rotatable bonds is 4. The van der Waals surface area contributed by atoms with Crippen molar-refractivity contribution in [2.24, 2.45) is 11.7 Å². The van der Waals surface area contributed by atoms with E-state index in [1.54, 1.807) is 23.1 Å². The predicted molar refractivity (Wildman–Crippen MR) is 96.9 cm³/mol. The van der Waals surface area contributed by atoms with Gasteiger partial charge in [-0.3, -0.25) is 9.59 Å². The highest BCUT2D eigenvalue weighted by molar-refractivity contribution is 6.34. The third kappa shape index (κ3) is 5.08. The van der Waals surface area contributed by atoms with Crippen LogP contribution in [0, 0.1) is 5.92 Å². The van der Waals surface area contributed by atoms with Gasteiger partial charge in [0, 0.05) is 18.8 Å². The fraction of sp³-hybridized carbons (Fsp3) is 0.500. The van der Waals surface area contributed by atoms with Crippen molar-refractivity contribution in [3.8, 4) is 0 Å². The molecule has 0 bridgehead atoms. The summed E-state index contributed by atoms with van der Waals surface area (Å²) in [5.74, 6) is -0.369. The van der Waals surface area contributed by atoms with E-state index in [2.05, 4.69) is 5.32 Å². The van der Waals surface area contributed by atoms with Gasteiger partial charge in [-0.15, -0.1) is 12.4 Å². The Morgan fingerprint density at radius 2 is 1.92 bits per heavy atom. The zero-order valence-corrected chi connectivity index (χ0v) is 15.3. The van der Waals surface area contributed by atoms with Crippen LogP contribution in [-0.4, -0.2) is 49.1 Å². The van der Waals surface area contributed by atoms with E-state index < -0.39 is 6.04 Å². The van der Waals surface area contributed by atoms with Crippen molar-refractivity contribution in [1.29, 1.82) is 0 Å². The molecule has 1 heterocycles. The molecule has 1 aromatic carbocycles. The van der Waals surface area contributed by atoms with E-state index in [0.717, 1.165) is 0 Å². The summed E-state index contributed by atoms with van der Waals surface area (Å²) in [7, 11) is 0. The van der Waals surface area contributed by atoms with Gasteiger partial charge in [0.05, 0.1) is 29.8 Å². The molecule has 0 saturated carbocycles. The minimum atomic E-state index is -0.594. The van der Waals surface area contributed by atoms with Gasteiger partial charge in [-0.05, 0) is 24.1 Å². The number of amides is 2. The number of nitrogens with one attached hydrogen (secondary N) is 1. The minimum absolute atomic E-state index is 0. The van der Waals surface area contributed by atoms with E-state index in [4.69, 9.17) is 22.1 Å². The van der Waals surface area contributed by atoms with Crippen molar-refractivity contribution >= 4 is 41.5 Å². The van der Waals surface area contributed by atoms with E-state index in [1.165, 1.54) is 0 Å². The highest BCUT2D eigenvalue weighted by Gasteiger charge is 2.22. The van der Waals surface area contributed by atoms with Gasteiger partial charge in [0.1, 0.15) is 0 Å². The van der Waals surface area contributed by atoms with Crippen LogP contribution < -0.4 is 11.1 Å². The smallest absolute Gasteiger partial charge is 0.255 e. The Morgan fingerprint density at radius 3 is 2.46 bits per heavy atom. The average Bonchev–Trinajstić information content (AvgIpc) is 2.54. The lowest BCUT2D eigenvalue weighted by molar-refractivity contribution is -0.118. The van der Waals surface area contributed by atoms with Crippen molar-refractivity contribution in [2.75, 3.05) is 31.6 Å². The van der Waals surface area contributed by atoms with Crippen molar-refractivity contribution in [3.63, 3.8) is 0 Å². The molecule has 1 fully saturated rings. The summed E-state index contributed by atoms with van der Waals surface area (Å²) in [4.78, 5) is 26.1. The van der Waals surface area contributed by atoms with Crippen LogP contribution in [0.15, 0.2) is 18.2 Å². The van der Waals surface area contributed by atoms with Gasteiger partial charge in [0.2, 0.25) is 5.91 Å². The number of anilines is 1. The third-order valence-electron chi connectivity index (χ3n) is 3.79. The Bertz CT molecular complexity index is 590. The van der Waals surface area contributed by atoms with Gasteiger partial charge >= 0.3 is 0 Å². The van der Waals surface area contributed by atoms with Gasteiger partial charge < -0.3 is 20.7 Å². The average molecular weight is 376 g/mol. The number of carbonyl (C=O) groups excluding carboxylic acids is 2. The highest BCUT2D eigenvalue weighted by Crippen LogP contribution is 2.23. The number of hydrogen-bond acceptors (Lipinski definition) is 4. The highest BCUT2D eigenvalue weighted by atomic mass is 35.5.